The molecular formula is C25H24N4O3S. The van der Waals surface area contributed by atoms with Gasteiger partial charge >= 0.3 is 0 Å². The topological polar surface area (TPSA) is 76.5 Å². The van der Waals surface area contributed by atoms with Gasteiger partial charge in [0.15, 0.2) is 0 Å². The SMILES string of the molecule is O=C(Cn1cnc2scc(-c3ccccc3)c2c1=O)Nc1ccc(CN2CCOCC2)cc1. The molecule has 5 rings (SSSR count). The normalized spacial score (nSPS) is 14.4. The lowest BCUT2D eigenvalue weighted by Crippen LogP contribution is -2.35. The summed E-state index contributed by atoms with van der Waals surface area (Å²) in [5.41, 5.74) is 3.48. The lowest BCUT2D eigenvalue weighted by Gasteiger charge is -2.26. The number of fused-ring (bicyclic) bond motifs is 1. The van der Waals surface area contributed by atoms with Crippen molar-refractivity contribution in [2.45, 2.75) is 13.1 Å². The van der Waals surface area contributed by atoms with Gasteiger partial charge in [-0.25, -0.2) is 4.98 Å². The molecule has 1 fully saturated rings. The van der Waals surface area contributed by atoms with E-state index in [1.165, 1.54) is 27.8 Å². The van der Waals surface area contributed by atoms with Gasteiger partial charge in [-0.2, -0.15) is 0 Å². The van der Waals surface area contributed by atoms with E-state index in [2.05, 4.69) is 15.2 Å². The second-order valence-corrected chi connectivity index (χ2v) is 8.86. The highest BCUT2D eigenvalue weighted by molar-refractivity contribution is 7.17. The van der Waals surface area contributed by atoms with Gasteiger partial charge in [0.05, 0.1) is 24.9 Å². The van der Waals surface area contributed by atoms with Crippen molar-refractivity contribution in [1.29, 1.82) is 0 Å². The Kier molecular flexibility index (Phi) is 6.30. The molecule has 0 radical (unpaired) electrons. The van der Waals surface area contributed by atoms with Gasteiger partial charge in [0.1, 0.15) is 11.4 Å². The summed E-state index contributed by atoms with van der Waals surface area (Å²) < 4.78 is 6.75. The van der Waals surface area contributed by atoms with E-state index in [0.29, 0.717) is 15.9 Å². The lowest BCUT2D eigenvalue weighted by atomic mass is 10.1. The van der Waals surface area contributed by atoms with Crippen molar-refractivity contribution < 1.29 is 9.53 Å². The van der Waals surface area contributed by atoms with Crippen LogP contribution in [0.4, 0.5) is 5.69 Å². The summed E-state index contributed by atoms with van der Waals surface area (Å²) in [6.07, 6.45) is 1.45. The molecule has 1 aliphatic rings. The van der Waals surface area contributed by atoms with Crippen LogP contribution in [-0.4, -0.2) is 46.7 Å². The van der Waals surface area contributed by atoms with Crippen LogP contribution >= 0.6 is 11.3 Å². The standard InChI is InChI=1S/C25H24N4O3S/c30-22(27-20-8-6-18(7-9-20)14-28-10-12-32-13-11-28)15-29-17-26-24-23(25(29)31)21(16-33-24)19-4-2-1-3-5-19/h1-9,16-17H,10-15H2,(H,27,30). The number of carbonyl (C=O) groups excluding carboxylic acids is 1. The van der Waals surface area contributed by atoms with E-state index in [0.717, 1.165) is 44.0 Å². The second-order valence-electron chi connectivity index (χ2n) is 8.01. The first-order chi connectivity index (χ1) is 16.2. The first kappa shape index (κ1) is 21.5. The Morgan fingerprint density at radius 2 is 1.82 bits per heavy atom. The van der Waals surface area contributed by atoms with Crippen LogP contribution in [0.15, 0.2) is 71.1 Å². The van der Waals surface area contributed by atoms with Crippen molar-refractivity contribution in [1.82, 2.24) is 14.5 Å². The number of benzene rings is 2. The Balaban J connectivity index is 1.28. The van der Waals surface area contributed by atoms with Gasteiger partial charge in [0.25, 0.3) is 5.56 Å². The number of amides is 1. The minimum absolute atomic E-state index is 0.0959. The Bertz CT molecular complexity index is 1310. The van der Waals surface area contributed by atoms with Crippen molar-refractivity contribution in [3.63, 3.8) is 0 Å². The molecule has 8 heteroatoms. The van der Waals surface area contributed by atoms with E-state index in [-0.39, 0.29) is 18.0 Å². The zero-order chi connectivity index (χ0) is 22.6. The molecule has 0 spiro atoms. The minimum atomic E-state index is -0.268. The number of hydrogen-bond acceptors (Lipinski definition) is 6. The maximum absolute atomic E-state index is 13.1. The van der Waals surface area contributed by atoms with Crippen molar-refractivity contribution in [3.8, 4) is 11.1 Å². The molecule has 1 saturated heterocycles. The number of hydrogen-bond donors (Lipinski definition) is 1. The molecule has 33 heavy (non-hydrogen) atoms. The van der Waals surface area contributed by atoms with Gasteiger partial charge in [0, 0.05) is 36.3 Å². The summed E-state index contributed by atoms with van der Waals surface area (Å²) in [6, 6.07) is 17.6. The van der Waals surface area contributed by atoms with E-state index in [9.17, 15) is 9.59 Å². The number of ether oxygens (including phenoxy) is 1. The highest BCUT2D eigenvalue weighted by atomic mass is 32.1. The molecule has 7 nitrogen and oxygen atoms in total. The van der Waals surface area contributed by atoms with E-state index in [4.69, 9.17) is 4.74 Å². The number of morpholine rings is 1. The number of rotatable bonds is 6. The molecule has 3 heterocycles. The molecule has 0 aliphatic carbocycles. The Morgan fingerprint density at radius 3 is 2.58 bits per heavy atom. The van der Waals surface area contributed by atoms with E-state index in [1.807, 2.05) is 60.0 Å². The van der Waals surface area contributed by atoms with Gasteiger partial charge in [-0.15, -0.1) is 11.3 Å². The van der Waals surface area contributed by atoms with Crippen LogP contribution in [0, 0.1) is 0 Å². The Morgan fingerprint density at radius 1 is 1.06 bits per heavy atom. The maximum Gasteiger partial charge on any atom is 0.263 e. The molecule has 1 N–H and O–H groups in total. The van der Waals surface area contributed by atoms with Crippen molar-refractivity contribution >= 4 is 33.1 Å². The second kappa shape index (κ2) is 9.66. The van der Waals surface area contributed by atoms with Gasteiger partial charge < -0.3 is 10.1 Å². The van der Waals surface area contributed by atoms with Crippen LogP contribution in [0.3, 0.4) is 0 Å². The molecule has 0 unspecified atom stereocenters. The molecule has 0 atom stereocenters. The number of anilines is 1. The summed E-state index contributed by atoms with van der Waals surface area (Å²) in [4.78, 5) is 33.2. The predicted molar refractivity (Wildman–Crippen MR) is 130 cm³/mol. The molecular weight excluding hydrogens is 436 g/mol. The van der Waals surface area contributed by atoms with Crippen molar-refractivity contribution in [2.24, 2.45) is 0 Å². The quantitative estimate of drug-likeness (QED) is 0.476. The summed E-state index contributed by atoms with van der Waals surface area (Å²) >= 11 is 1.43. The van der Waals surface area contributed by atoms with E-state index in [1.54, 1.807) is 0 Å². The average molecular weight is 461 g/mol. The fourth-order valence-corrected chi connectivity index (χ4v) is 4.88. The Hall–Kier alpha value is -3.33. The molecule has 0 bridgehead atoms. The monoisotopic (exact) mass is 460 g/mol. The zero-order valence-corrected chi connectivity index (χ0v) is 18.9. The molecule has 4 aromatic rings. The third-order valence-corrected chi connectivity index (χ3v) is 6.59. The predicted octanol–water partition coefficient (Wildman–Crippen LogP) is 3.60. The van der Waals surface area contributed by atoms with Gasteiger partial charge in [-0.3, -0.25) is 19.1 Å². The third-order valence-electron chi connectivity index (χ3n) is 5.71. The Labute approximate surface area is 195 Å². The summed E-state index contributed by atoms with van der Waals surface area (Å²) in [7, 11) is 0. The number of carbonyl (C=O) groups is 1. The summed E-state index contributed by atoms with van der Waals surface area (Å²) in [5.74, 6) is -0.268. The van der Waals surface area contributed by atoms with Crippen molar-refractivity contribution in [2.75, 3.05) is 31.6 Å². The molecule has 168 valence electrons. The molecule has 1 amide bonds. The largest absolute Gasteiger partial charge is 0.379 e. The van der Waals surface area contributed by atoms with E-state index >= 15 is 0 Å². The third kappa shape index (κ3) is 4.88. The van der Waals surface area contributed by atoms with Gasteiger partial charge in [-0.1, -0.05) is 42.5 Å². The number of nitrogens with one attached hydrogen (secondary N) is 1. The molecule has 1 aliphatic heterocycles. The van der Waals surface area contributed by atoms with Gasteiger partial charge in [0.2, 0.25) is 5.91 Å². The first-order valence-electron chi connectivity index (χ1n) is 10.9. The maximum atomic E-state index is 13.1. The highest BCUT2D eigenvalue weighted by Gasteiger charge is 2.15. The van der Waals surface area contributed by atoms with Crippen molar-refractivity contribution in [3.05, 3.63) is 82.2 Å². The van der Waals surface area contributed by atoms with E-state index < -0.39 is 0 Å². The van der Waals surface area contributed by atoms with Crippen LogP contribution in [0.25, 0.3) is 21.3 Å². The molecule has 2 aromatic heterocycles. The number of nitrogens with zero attached hydrogens (tertiary/aromatic N) is 3. The fraction of sp³-hybridized carbons (Fsp3) is 0.240. The van der Waals surface area contributed by atoms with Crippen LogP contribution in [0.5, 0.6) is 0 Å². The minimum Gasteiger partial charge on any atom is -0.379 e. The lowest BCUT2D eigenvalue weighted by molar-refractivity contribution is -0.116. The van der Waals surface area contributed by atoms with Crippen LogP contribution in [0.1, 0.15) is 5.56 Å². The fourth-order valence-electron chi connectivity index (χ4n) is 3.98. The summed E-state index contributed by atoms with van der Waals surface area (Å²) in [6.45, 7) is 4.17. The molecule has 0 saturated carbocycles. The van der Waals surface area contributed by atoms with Gasteiger partial charge in [-0.05, 0) is 23.3 Å². The molecule has 2 aromatic carbocycles. The highest BCUT2D eigenvalue weighted by Crippen LogP contribution is 2.30. The van der Waals surface area contributed by atoms with Crippen LogP contribution in [-0.2, 0) is 22.6 Å². The smallest absolute Gasteiger partial charge is 0.263 e. The average Bonchev–Trinajstić information content (AvgIpc) is 3.28. The van der Waals surface area contributed by atoms with Crippen LogP contribution in [0.2, 0.25) is 0 Å². The number of thiophene rings is 1. The first-order valence-corrected chi connectivity index (χ1v) is 11.8. The summed E-state index contributed by atoms with van der Waals surface area (Å²) in [5, 5.41) is 5.37. The van der Waals surface area contributed by atoms with Crippen LogP contribution < -0.4 is 10.9 Å². The number of aromatic nitrogens is 2. The zero-order valence-electron chi connectivity index (χ0n) is 18.1.